The smallest absolute Gasteiger partial charge is 0.333 e. The van der Waals surface area contributed by atoms with Gasteiger partial charge in [-0.2, -0.15) is 0 Å². The largest absolute Gasteiger partial charge is 0.461 e. The van der Waals surface area contributed by atoms with Gasteiger partial charge in [-0.25, -0.2) is 8.76 Å². The second-order valence-corrected chi connectivity index (χ2v) is 3.93. The molecule has 0 aromatic rings. The highest BCUT2D eigenvalue weighted by atomic mass is 32.2. The highest BCUT2D eigenvalue weighted by Gasteiger charge is 2.02. The molecule has 1 atom stereocenters. The van der Waals surface area contributed by atoms with E-state index < -0.39 is 14.2 Å². The van der Waals surface area contributed by atoms with Crippen LogP contribution in [0.15, 0.2) is 12.2 Å². The van der Waals surface area contributed by atoms with Gasteiger partial charge in [-0.1, -0.05) is 6.58 Å². The zero-order valence-electron chi connectivity index (χ0n) is 7.11. The minimum Gasteiger partial charge on any atom is -0.461 e. The molecule has 0 saturated carbocycles. The molecule has 0 radical (unpaired) electrons. The van der Waals surface area contributed by atoms with Crippen molar-refractivity contribution < 1.29 is 23.0 Å². The lowest BCUT2D eigenvalue weighted by Gasteiger charge is -2.02. The highest BCUT2D eigenvalue weighted by Crippen LogP contribution is 2.23. The molecule has 0 rings (SSSR count). The van der Waals surface area contributed by atoms with Crippen molar-refractivity contribution in [2.75, 3.05) is 12.4 Å². The Balaban J connectivity index is 3.31. The van der Waals surface area contributed by atoms with Crippen molar-refractivity contribution in [2.24, 2.45) is 0 Å². The number of carbonyl (C=O) groups is 1. The predicted octanol–water partition coefficient (Wildman–Crippen LogP) is 1.15. The zero-order valence-corrected chi connectivity index (χ0v) is 8.93. The zero-order chi connectivity index (χ0) is 10.3. The minimum absolute atomic E-state index is 0.130. The summed E-state index contributed by atoms with van der Waals surface area (Å²) >= 11 is 0.791. The summed E-state index contributed by atoms with van der Waals surface area (Å²) in [5.41, 5.74) is 0.321. The predicted molar refractivity (Wildman–Crippen MR) is 50.5 cm³/mol. The lowest BCUT2D eigenvalue weighted by Crippen LogP contribution is -2.07. The van der Waals surface area contributed by atoms with Crippen molar-refractivity contribution in [1.82, 2.24) is 0 Å². The second kappa shape index (κ2) is 7.15. The van der Waals surface area contributed by atoms with Gasteiger partial charge in [0.05, 0.1) is 5.75 Å². The Hall–Kier alpha value is -0.290. The third-order valence-corrected chi connectivity index (χ3v) is 2.25. The molecule has 0 aliphatic heterocycles. The van der Waals surface area contributed by atoms with Gasteiger partial charge < -0.3 is 9.63 Å². The summed E-state index contributed by atoms with van der Waals surface area (Å²) in [6.07, 6.45) is 0. The molecule has 0 heterocycles. The van der Waals surface area contributed by atoms with Gasteiger partial charge in [-0.15, -0.1) is 0 Å². The van der Waals surface area contributed by atoms with Gasteiger partial charge in [0, 0.05) is 17.6 Å². The lowest BCUT2D eigenvalue weighted by atomic mass is 10.4. The Labute approximate surface area is 81.3 Å². The summed E-state index contributed by atoms with van der Waals surface area (Å²) in [5.74, 6) is -0.159. The molecule has 76 valence electrons. The number of ether oxygens (including phenoxy) is 1. The van der Waals surface area contributed by atoms with Crippen LogP contribution in [0, 0.1) is 0 Å². The van der Waals surface area contributed by atoms with Gasteiger partial charge in [-0.05, 0) is 6.92 Å². The molecule has 0 aromatic carbocycles. The number of hydrogen-bond donors (Lipinski definition) is 1. The molecule has 0 saturated heterocycles. The van der Waals surface area contributed by atoms with E-state index in [2.05, 4.69) is 15.3 Å². The summed E-state index contributed by atoms with van der Waals surface area (Å²) in [6, 6.07) is 0. The van der Waals surface area contributed by atoms with Crippen molar-refractivity contribution in [3.63, 3.8) is 0 Å². The van der Waals surface area contributed by atoms with Crippen LogP contribution in [0.3, 0.4) is 0 Å². The van der Waals surface area contributed by atoms with E-state index in [9.17, 15) is 9.36 Å². The van der Waals surface area contributed by atoms with Crippen LogP contribution in [0.5, 0.6) is 0 Å². The summed E-state index contributed by atoms with van der Waals surface area (Å²) in [4.78, 5) is 19.0. The standard InChI is InChI=1S/C6H11O5PS/c1-5(2)6(7)10-3-4-13-11-12(8)9/h12H,1,3-4H2,2H3,(H,8,9). The second-order valence-electron chi connectivity index (χ2n) is 2.09. The summed E-state index contributed by atoms with van der Waals surface area (Å²) in [7, 11) is -2.90. The molecule has 7 heteroatoms. The maximum atomic E-state index is 10.8. The van der Waals surface area contributed by atoms with Crippen molar-refractivity contribution in [3.05, 3.63) is 12.2 Å². The maximum absolute atomic E-state index is 10.8. The summed E-state index contributed by atoms with van der Waals surface area (Å²) < 4.78 is 19.0. The summed E-state index contributed by atoms with van der Waals surface area (Å²) in [6.45, 7) is 5.06. The normalized spacial score (nSPS) is 12.2. The quantitative estimate of drug-likeness (QED) is 0.241. The molecule has 0 aliphatic rings. The highest BCUT2D eigenvalue weighted by molar-refractivity contribution is 7.97. The molecule has 1 unspecified atom stereocenters. The van der Waals surface area contributed by atoms with Crippen molar-refractivity contribution in [2.45, 2.75) is 6.92 Å². The van der Waals surface area contributed by atoms with Gasteiger partial charge in [0.15, 0.2) is 0 Å². The first-order chi connectivity index (χ1) is 6.04. The number of esters is 1. The third-order valence-electron chi connectivity index (χ3n) is 0.878. The Morgan fingerprint density at radius 2 is 2.31 bits per heavy atom. The fourth-order valence-electron chi connectivity index (χ4n) is 0.384. The molecule has 5 nitrogen and oxygen atoms in total. The van der Waals surface area contributed by atoms with Crippen LogP contribution in [-0.2, 0) is 18.1 Å². The van der Waals surface area contributed by atoms with Gasteiger partial charge in [0.2, 0.25) is 0 Å². The monoisotopic (exact) mass is 226 g/mol. The van der Waals surface area contributed by atoms with Gasteiger partial charge >= 0.3 is 14.2 Å². The average Bonchev–Trinajstić information content (AvgIpc) is 2.02. The van der Waals surface area contributed by atoms with Gasteiger partial charge in [-0.3, -0.25) is 4.57 Å². The number of carbonyl (C=O) groups excluding carboxylic acids is 1. The van der Waals surface area contributed by atoms with Crippen LogP contribution < -0.4 is 0 Å². The van der Waals surface area contributed by atoms with Gasteiger partial charge in [0.1, 0.15) is 6.61 Å². The van der Waals surface area contributed by atoms with Crippen molar-refractivity contribution in [3.8, 4) is 0 Å². The van der Waals surface area contributed by atoms with Crippen LogP contribution in [0.2, 0.25) is 0 Å². The molecular formula is C6H11O5PS. The minimum atomic E-state index is -2.90. The average molecular weight is 226 g/mol. The third kappa shape index (κ3) is 8.05. The number of rotatable bonds is 6. The van der Waals surface area contributed by atoms with Crippen LogP contribution in [0.25, 0.3) is 0 Å². The van der Waals surface area contributed by atoms with Crippen molar-refractivity contribution in [1.29, 1.82) is 0 Å². The van der Waals surface area contributed by atoms with E-state index in [0.29, 0.717) is 11.3 Å². The van der Waals surface area contributed by atoms with Crippen LogP contribution in [0.1, 0.15) is 6.92 Å². The molecule has 0 aromatic heterocycles. The lowest BCUT2D eigenvalue weighted by molar-refractivity contribution is -0.138. The first-order valence-electron chi connectivity index (χ1n) is 3.39. The Kier molecular flexibility index (Phi) is 6.99. The van der Waals surface area contributed by atoms with E-state index in [1.54, 1.807) is 6.92 Å². The molecule has 0 spiro atoms. The molecule has 0 aliphatic carbocycles. The maximum Gasteiger partial charge on any atom is 0.333 e. The van der Waals surface area contributed by atoms with E-state index >= 15 is 0 Å². The summed E-state index contributed by atoms with van der Waals surface area (Å²) in [5, 5.41) is 0. The van der Waals surface area contributed by atoms with Crippen LogP contribution in [0.4, 0.5) is 0 Å². The van der Waals surface area contributed by atoms with E-state index in [4.69, 9.17) is 4.89 Å². The molecule has 0 amide bonds. The van der Waals surface area contributed by atoms with Crippen molar-refractivity contribution >= 4 is 26.3 Å². The Morgan fingerprint density at radius 1 is 1.69 bits per heavy atom. The SMILES string of the molecule is C=C(C)C(=O)OCCSO[PH](=O)O. The molecule has 1 N–H and O–H groups in total. The molecule has 13 heavy (non-hydrogen) atoms. The Morgan fingerprint density at radius 3 is 2.77 bits per heavy atom. The fourth-order valence-corrected chi connectivity index (χ4v) is 1.27. The first kappa shape index (κ1) is 12.7. The van der Waals surface area contributed by atoms with Crippen LogP contribution >= 0.6 is 20.3 Å². The number of hydrogen-bond acceptors (Lipinski definition) is 5. The van der Waals surface area contributed by atoms with E-state index in [0.717, 1.165) is 12.0 Å². The first-order valence-corrected chi connectivity index (χ1v) is 5.56. The van der Waals surface area contributed by atoms with E-state index in [1.165, 1.54) is 0 Å². The molecule has 0 fully saturated rings. The van der Waals surface area contributed by atoms with Crippen LogP contribution in [-0.4, -0.2) is 23.2 Å². The van der Waals surface area contributed by atoms with E-state index in [1.807, 2.05) is 0 Å². The molecule has 0 bridgehead atoms. The molecular weight excluding hydrogens is 215 g/mol. The topological polar surface area (TPSA) is 72.8 Å². The van der Waals surface area contributed by atoms with E-state index in [-0.39, 0.29) is 6.61 Å². The Bertz CT molecular complexity index is 217. The van der Waals surface area contributed by atoms with Gasteiger partial charge in [0.25, 0.3) is 0 Å². The fraction of sp³-hybridized carbons (Fsp3) is 0.500.